The largest absolute Gasteiger partial charge is 0.356 e. The lowest BCUT2D eigenvalue weighted by Crippen LogP contribution is -2.38. The Hall–Kier alpha value is -1.05. The summed E-state index contributed by atoms with van der Waals surface area (Å²) in [4.78, 5) is 15.8. The fourth-order valence-corrected chi connectivity index (χ4v) is 2.20. The van der Waals surface area contributed by atoms with Crippen molar-refractivity contribution < 1.29 is 0 Å². The van der Waals surface area contributed by atoms with Gasteiger partial charge in [0.1, 0.15) is 0 Å². The minimum absolute atomic E-state index is 0. The second kappa shape index (κ2) is 13.4. The molecule has 1 aromatic rings. The summed E-state index contributed by atoms with van der Waals surface area (Å²) in [5.41, 5.74) is 0.0677. The first-order chi connectivity index (χ1) is 10.6. The Morgan fingerprint density at radius 2 is 1.87 bits per heavy atom. The van der Waals surface area contributed by atoms with Gasteiger partial charge in [0, 0.05) is 38.9 Å². The summed E-state index contributed by atoms with van der Waals surface area (Å²) in [5.74, 6) is 1.61. The third-order valence-electron chi connectivity index (χ3n) is 3.49. The van der Waals surface area contributed by atoms with Crippen molar-refractivity contribution in [3.63, 3.8) is 0 Å². The summed E-state index contributed by atoms with van der Waals surface area (Å²) < 4.78 is 1.75. The van der Waals surface area contributed by atoms with E-state index in [1.165, 1.54) is 6.42 Å². The number of aromatic nitrogens is 1. The normalized spacial score (nSPS) is 11.2. The number of halogens is 1. The van der Waals surface area contributed by atoms with Crippen LogP contribution in [-0.2, 0) is 6.54 Å². The van der Waals surface area contributed by atoms with E-state index in [-0.39, 0.29) is 29.5 Å². The maximum atomic E-state index is 11.6. The predicted octanol–water partition coefficient (Wildman–Crippen LogP) is 2.85. The van der Waals surface area contributed by atoms with Gasteiger partial charge in [0.05, 0.1) is 0 Å². The van der Waals surface area contributed by atoms with E-state index < -0.39 is 0 Å². The van der Waals surface area contributed by atoms with Crippen molar-refractivity contribution in [2.24, 2.45) is 10.9 Å². The maximum Gasteiger partial charge on any atom is 0.250 e. The van der Waals surface area contributed by atoms with Gasteiger partial charge in [-0.1, -0.05) is 19.9 Å². The first kappa shape index (κ1) is 21.9. The van der Waals surface area contributed by atoms with Gasteiger partial charge < -0.3 is 15.2 Å². The van der Waals surface area contributed by atoms with Crippen LogP contribution in [0.4, 0.5) is 0 Å². The zero-order valence-electron chi connectivity index (χ0n) is 14.5. The lowest BCUT2D eigenvalue weighted by Gasteiger charge is -2.12. The Kier molecular flexibility index (Phi) is 12.8. The molecule has 0 aliphatic rings. The van der Waals surface area contributed by atoms with Gasteiger partial charge in [-0.05, 0) is 37.7 Å². The highest BCUT2D eigenvalue weighted by atomic mass is 127. The number of rotatable bonds is 9. The molecule has 0 aliphatic carbocycles. The van der Waals surface area contributed by atoms with Crippen LogP contribution in [-0.4, -0.2) is 30.7 Å². The molecule has 0 radical (unpaired) electrons. The van der Waals surface area contributed by atoms with Crippen LogP contribution in [0.5, 0.6) is 0 Å². The first-order valence-electron chi connectivity index (χ1n) is 8.23. The van der Waals surface area contributed by atoms with E-state index in [0.29, 0.717) is 0 Å². The van der Waals surface area contributed by atoms with E-state index in [2.05, 4.69) is 29.5 Å². The van der Waals surface area contributed by atoms with Crippen LogP contribution in [0.25, 0.3) is 0 Å². The standard InChI is InChI=1S/C17H30N4O.HI/c1-15(2)9-8-12-20-17(18-3)19-11-5-7-14-21-13-6-4-10-16(21)22;/h4,6,10,13,15H,5,7-9,11-12,14H2,1-3H3,(H2,18,19,20);1H. The molecule has 0 aliphatic heterocycles. The Morgan fingerprint density at radius 1 is 1.17 bits per heavy atom. The minimum Gasteiger partial charge on any atom is -0.356 e. The summed E-state index contributed by atoms with van der Waals surface area (Å²) in [5, 5.41) is 6.64. The maximum absolute atomic E-state index is 11.6. The number of pyridine rings is 1. The van der Waals surface area contributed by atoms with Crippen molar-refractivity contribution in [3.05, 3.63) is 34.7 Å². The van der Waals surface area contributed by atoms with Gasteiger partial charge >= 0.3 is 0 Å². The molecule has 0 bridgehead atoms. The van der Waals surface area contributed by atoms with Gasteiger partial charge in [-0.25, -0.2) is 0 Å². The second-order valence-corrected chi connectivity index (χ2v) is 5.90. The zero-order valence-corrected chi connectivity index (χ0v) is 16.9. The molecule has 1 heterocycles. The Morgan fingerprint density at radius 3 is 2.48 bits per heavy atom. The molecule has 0 spiro atoms. The van der Waals surface area contributed by atoms with Gasteiger partial charge in [-0.3, -0.25) is 9.79 Å². The van der Waals surface area contributed by atoms with Gasteiger partial charge in [0.15, 0.2) is 5.96 Å². The van der Waals surface area contributed by atoms with Crippen molar-refractivity contribution >= 4 is 29.9 Å². The quantitative estimate of drug-likeness (QED) is 0.272. The number of aryl methyl sites for hydroxylation is 1. The first-order valence-corrected chi connectivity index (χ1v) is 8.23. The molecule has 5 nitrogen and oxygen atoms in total. The number of guanidine groups is 1. The number of aliphatic imine (C=N–C) groups is 1. The van der Waals surface area contributed by atoms with Gasteiger partial charge in [0.25, 0.3) is 0 Å². The lowest BCUT2D eigenvalue weighted by molar-refractivity contribution is 0.547. The number of nitrogens with zero attached hydrogens (tertiary/aromatic N) is 2. The fourth-order valence-electron chi connectivity index (χ4n) is 2.20. The fraction of sp³-hybridized carbons (Fsp3) is 0.647. The van der Waals surface area contributed by atoms with Crippen molar-refractivity contribution in [1.29, 1.82) is 0 Å². The van der Waals surface area contributed by atoms with Crippen LogP contribution < -0.4 is 16.2 Å². The molecule has 0 aromatic carbocycles. The smallest absolute Gasteiger partial charge is 0.250 e. The van der Waals surface area contributed by atoms with Crippen molar-refractivity contribution in [3.8, 4) is 0 Å². The van der Waals surface area contributed by atoms with E-state index in [1.807, 2.05) is 12.3 Å². The number of hydrogen-bond acceptors (Lipinski definition) is 2. The number of unbranched alkanes of at least 4 members (excludes halogenated alkanes) is 1. The van der Waals surface area contributed by atoms with E-state index in [1.54, 1.807) is 23.7 Å². The lowest BCUT2D eigenvalue weighted by atomic mass is 10.1. The molecule has 0 atom stereocenters. The summed E-state index contributed by atoms with van der Waals surface area (Å²) in [6.45, 7) is 7.07. The van der Waals surface area contributed by atoms with Crippen molar-refractivity contribution in [2.75, 3.05) is 20.1 Å². The van der Waals surface area contributed by atoms with Gasteiger partial charge in [0.2, 0.25) is 5.56 Å². The highest BCUT2D eigenvalue weighted by molar-refractivity contribution is 14.0. The summed E-state index contributed by atoms with van der Waals surface area (Å²) >= 11 is 0. The molecule has 6 heteroatoms. The minimum atomic E-state index is 0. The molecule has 1 rings (SSSR count). The molecular weight excluding hydrogens is 403 g/mol. The molecule has 2 N–H and O–H groups in total. The molecule has 0 saturated heterocycles. The Balaban J connectivity index is 0.00000484. The molecule has 0 saturated carbocycles. The Labute approximate surface area is 157 Å². The summed E-state index contributed by atoms with van der Waals surface area (Å²) in [6, 6.07) is 5.26. The molecule has 0 amide bonds. The van der Waals surface area contributed by atoms with Crippen LogP contribution in [0.3, 0.4) is 0 Å². The Bertz CT molecular complexity index is 499. The molecule has 0 unspecified atom stereocenters. The number of hydrogen-bond donors (Lipinski definition) is 2. The van der Waals surface area contributed by atoms with Crippen LogP contribution in [0.15, 0.2) is 34.2 Å². The van der Waals surface area contributed by atoms with E-state index in [0.717, 1.165) is 50.8 Å². The summed E-state index contributed by atoms with van der Waals surface area (Å²) in [6.07, 6.45) is 6.21. The number of nitrogens with one attached hydrogen (secondary N) is 2. The SMILES string of the molecule is CN=C(NCCCCn1ccccc1=O)NCCCC(C)C.I. The topological polar surface area (TPSA) is 58.4 Å². The van der Waals surface area contributed by atoms with Crippen LogP contribution in [0.1, 0.15) is 39.5 Å². The highest BCUT2D eigenvalue weighted by Crippen LogP contribution is 2.01. The van der Waals surface area contributed by atoms with Crippen LogP contribution in [0.2, 0.25) is 0 Å². The van der Waals surface area contributed by atoms with Crippen molar-refractivity contribution in [2.45, 2.75) is 46.1 Å². The molecule has 1 aromatic heterocycles. The van der Waals surface area contributed by atoms with Crippen molar-refractivity contribution in [1.82, 2.24) is 15.2 Å². The van der Waals surface area contributed by atoms with Crippen LogP contribution >= 0.6 is 24.0 Å². The molecule has 23 heavy (non-hydrogen) atoms. The average Bonchev–Trinajstić information content (AvgIpc) is 2.50. The van der Waals surface area contributed by atoms with Gasteiger partial charge in [-0.2, -0.15) is 0 Å². The molecule has 132 valence electrons. The zero-order chi connectivity index (χ0) is 16.2. The van der Waals surface area contributed by atoms with E-state index in [9.17, 15) is 4.79 Å². The van der Waals surface area contributed by atoms with Gasteiger partial charge in [-0.15, -0.1) is 24.0 Å². The molecule has 0 fully saturated rings. The summed E-state index contributed by atoms with van der Waals surface area (Å²) in [7, 11) is 1.79. The highest BCUT2D eigenvalue weighted by Gasteiger charge is 1.99. The third-order valence-corrected chi connectivity index (χ3v) is 3.49. The second-order valence-electron chi connectivity index (χ2n) is 5.90. The predicted molar refractivity (Wildman–Crippen MR) is 109 cm³/mol. The average molecular weight is 434 g/mol. The van der Waals surface area contributed by atoms with Crippen LogP contribution in [0, 0.1) is 5.92 Å². The third kappa shape index (κ3) is 10.4. The van der Waals surface area contributed by atoms with E-state index >= 15 is 0 Å². The molecular formula is C17H31IN4O. The van der Waals surface area contributed by atoms with E-state index in [4.69, 9.17) is 0 Å². The monoisotopic (exact) mass is 434 g/mol.